The second kappa shape index (κ2) is 8.02. The average Bonchev–Trinajstić information content (AvgIpc) is 2.68. The van der Waals surface area contributed by atoms with Gasteiger partial charge in [0.05, 0.1) is 5.56 Å². The summed E-state index contributed by atoms with van der Waals surface area (Å²) in [6.45, 7) is 3.37. The molecule has 0 aliphatic carbocycles. The number of rotatable bonds is 3. The Kier molecular flexibility index (Phi) is 5.54. The zero-order valence-electron chi connectivity index (χ0n) is 15.0. The molecule has 0 saturated carbocycles. The smallest absolute Gasteiger partial charge is 0.173 e. The first-order valence-corrected chi connectivity index (χ1v) is 8.92. The summed E-state index contributed by atoms with van der Waals surface area (Å²) in [5.74, 6) is 0.904. The summed E-state index contributed by atoms with van der Waals surface area (Å²) in [7, 11) is 4.05. The van der Waals surface area contributed by atoms with E-state index < -0.39 is 0 Å². The Bertz CT molecular complexity index is 786. The van der Waals surface area contributed by atoms with Crippen LogP contribution in [0.4, 0.5) is 17.2 Å². The van der Waals surface area contributed by atoms with Gasteiger partial charge >= 0.3 is 0 Å². The van der Waals surface area contributed by atoms with E-state index in [2.05, 4.69) is 43.2 Å². The van der Waals surface area contributed by atoms with Crippen LogP contribution >= 0.6 is 12.2 Å². The molecule has 2 heterocycles. The van der Waals surface area contributed by atoms with E-state index >= 15 is 0 Å². The van der Waals surface area contributed by atoms with Gasteiger partial charge in [-0.1, -0.05) is 0 Å². The molecule has 1 aliphatic heterocycles. The molecule has 0 atom stereocenters. The molecule has 3 rings (SSSR count). The lowest BCUT2D eigenvalue weighted by molar-refractivity contribution is 0.389. The highest BCUT2D eigenvalue weighted by Gasteiger charge is 2.20. The van der Waals surface area contributed by atoms with Crippen molar-refractivity contribution in [1.82, 2.24) is 9.88 Å². The van der Waals surface area contributed by atoms with E-state index in [4.69, 9.17) is 17.5 Å². The van der Waals surface area contributed by atoms with Crippen LogP contribution in [0.25, 0.3) is 0 Å². The number of nitriles is 1. The monoisotopic (exact) mass is 366 g/mol. The van der Waals surface area contributed by atoms with Gasteiger partial charge in [0.25, 0.3) is 0 Å². The third kappa shape index (κ3) is 4.21. The highest BCUT2D eigenvalue weighted by Crippen LogP contribution is 2.18. The molecular formula is C19H22N6S. The Balaban J connectivity index is 1.53. The first-order chi connectivity index (χ1) is 12.6. The van der Waals surface area contributed by atoms with Gasteiger partial charge < -0.3 is 20.0 Å². The maximum atomic E-state index is 8.86. The van der Waals surface area contributed by atoms with Crippen molar-refractivity contribution in [3.8, 4) is 6.07 Å². The minimum absolute atomic E-state index is 0.582. The van der Waals surface area contributed by atoms with Crippen molar-refractivity contribution in [2.45, 2.75) is 0 Å². The Hall–Kier alpha value is -2.85. The van der Waals surface area contributed by atoms with E-state index in [0.717, 1.165) is 48.5 Å². The van der Waals surface area contributed by atoms with Crippen LogP contribution in [0.3, 0.4) is 0 Å². The molecule has 0 bridgehead atoms. The molecule has 1 saturated heterocycles. The minimum atomic E-state index is 0.582. The lowest BCUT2D eigenvalue weighted by atomic mass is 10.2. The second-order valence-corrected chi connectivity index (χ2v) is 6.75. The number of aromatic nitrogens is 1. The number of pyridine rings is 1. The standard InChI is InChI=1S/C19H22N6S/c1-23(2)17-6-4-16(5-7-17)22-19(26)25-11-9-24(10-12-25)18-8-3-15(13-20)14-21-18/h3-8,14H,9-12H2,1-2H3,(H,22,26). The highest BCUT2D eigenvalue weighted by atomic mass is 32.1. The number of benzene rings is 1. The summed E-state index contributed by atoms with van der Waals surface area (Å²) in [5, 5.41) is 12.9. The van der Waals surface area contributed by atoms with Crippen molar-refractivity contribution < 1.29 is 0 Å². The molecule has 1 fully saturated rings. The molecule has 1 aromatic heterocycles. The van der Waals surface area contributed by atoms with Crippen LogP contribution < -0.4 is 15.1 Å². The third-order valence-electron chi connectivity index (χ3n) is 4.40. The number of nitrogens with one attached hydrogen (secondary N) is 1. The van der Waals surface area contributed by atoms with E-state index in [1.165, 1.54) is 0 Å². The zero-order chi connectivity index (χ0) is 18.5. The van der Waals surface area contributed by atoms with E-state index in [1.54, 1.807) is 12.3 Å². The lowest BCUT2D eigenvalue weighted by Crippen LogP contribution is -2.50. The summed E-state index contributed by atoms with van der Waals surface area (Å²) >= 11 is 5.56. The van der Waals surface area contributed by atoms with Crippen LogP contribution in [0.15, 0.2) is 42.6 Å². The lowest BCUT2D eigenvalue weighted by Gasteiger charge is -2.36. The van der Waals surface area contributed by atoms with Gasteiger partial charge in [0.2, 0.25) is 0 Å². The molecule has 1 aromatic carbocycles. The quantitative estimate of drug-likeness (QED) is 0.838. The van der Waals surface area contributed by atoms with E-state index in [1.807, 2.05) is 32.3 Å². The Morgan fingerprint density at radius 3 is 2.35 bits per heavy atom. The molecular weight excluding hydrogens is 344 g/mol. The fourth-order valence-corrected chi connectivity index (χ4v) is 3.12. The first-order valence-electron chi connectivity index (χ1n) is 8.51. The van der Waals surface area contributed by atoms with Crippen LogP contribution in [0.5, 0.6) is 0 Å². The molecule has 2 aromatic rings. The summed E-state index contributed by atoms with van der Waals surface area (Å²) in [6, 6.07) is 14.0. The Labute approximate surface area is 159 Å². The van der Waals surface area contributed by atoms with Gasteiger partial charge in [0, 0.05) is 57.8 Å². The number of piperazine rings is 1. The molecule has 1 aliphatic rings. The molecule has 0 radical (unpaired) electrons. The number of hydrogen-bond acceptors (Lipinski definition) is 5. The molecule has 134 valence electrons. The van der Waals surface area contributed by atoms with Gasteiger partial charge in [-0.3, -0.25) is 0 Å². The number of anilines is 3. The average molecular weight is 366 g/mol. The topological polar surface area (TPSA) is 58.4 Å². The highest BCUT2D eigenvalue weighted by molar-refractivity contribution is 7.80. The Morgan fingerprint density at radius 2 is 1.81 bits per heavy atom. The summed E-state index contributed by atoms with van der Waals surface area (Å²) < 4.78 is 0. The molecule has 0 amide bonds. The van der Waals surface area contributed by atoms with Crippen LogP contribution in [-0.2, 0) is 0 Å². The van der Waals surface area contributed by atoms with Gasteiger partial charge in [-0.2, -0.15) is 5.26 Å². The SMILES string of the molecule is CN(C)c1ccc(NC(=S)N2CCN(c3ccc(C#N)cn3)CC2)cc1. The summed E-state index contributed by atoms with van der Waals surface area (Å²) in [5.41, 5.74) is 2.74. The van der Waals surface area contributed by atoms with Gasteiger partial charge in [-0.05, 0) is 48.6 Å². The Morgan fingerprint density at radius 1 is 1.12 bits per heavy atom. The fourth-order valence-electron chi connectivity index (χ4n) is 2.82. The predicted molar refractivity (Wildman–Crippen MR) is 110 cm³/mol. The molecule has 0 unspecified atom stereocenters. The van der Waals surface area contributed by atoms with Gasteiger partial charge in [-0.25, -0.2) is 4.98 Å². The normalized spacial score (nSPS) is 13.9. The van der Waals surface area contributed by atoms with Crippen molar-refractivity contribution >= 4 is 34.5 Å². The second-order valence-electron chi connectivity index (χ2n) is 6.36. The van der Waals surface area contributed by atoms with E-state index in [0.29, 0.717) is 5.56 Å². The minimum Gasteiger partial charge on any atom is -0.378 e. The maximum absolute atomic E-state index is 8.86. The number of nitrogens with zero attached hydrogens (tertiary/aromatic N) is 5. The summed E-state index contributed by atoms with van der Waals surface area (Å²) in [4.78, 5) is 10.8. The molecule has 6 nitrogen and oxygen atoms in total. The van der Waals surface area contributed by atoms with Crippen LogP contribution in [0, 0.1) is 11.3 Å². The van der Waals surface area contributed by atoms with Crippen LogP contribution in [-0.4, -0.2) is 55.3 Å². The molecule has 0 spiro atoms. The molecule has 7 heteroatoms. The number of thiocarbonyl (C=S) groups is 1. The fraction of sp³-hybridized carbons (Fsp3) is 0.316. The van der Waals surface area contributed by atoms with E-state index in [-0.39, 0.29) is 0 Å². The zero-order valence-corrected chi connectivity index (χ0v) is 15.8. The summed E-state index contributed by atoms with van der Waals surface area (Å²) in [6.07, 6.45) is 1.62. The van der Waals surface area contributed by atoms with Crippen molar-refractivity contribution in [3.63, 3.8) is 0 Å². The van der Waals surface area contributed by atoms with Crippen molar-refractivity contribution in [2.24, 2.45) is 0 Å². The number of hydrogen-bond donors (Lipinski definition) is 1. The van der Waals surface area contributed by atoms with Crippen molar-refractivity contribution in [3.05, 3.63) is 48.2 Å². The molecule has 26 heavy (non-hydrogen) atoms. The molecule has 1 N–H and O–H groups in total. The van der Waals surface area contributed by atoms with Crippen LogP contribution in [0.1, 0.15) is 5.56 Å². The first kappa shape index (κ1) is 18.0. The van der Waals surface area contributed by atoms with Gasteiger partial charge in [0.15, 0.2) is 5.11 Å². The van der Waals surface area contributed by atoms with Crippen LogP contribution in [0.2, 0.25) is 0 Å². The predicted octanol–water partition coefficient (Wildman–Crippen LogP) is 2.54. The van der Waals surface area contributed by atoms with E-state index in [9.17, 15) is 0 Å². The van der Waals surface area contributed by atoms with Crippen molar-refractivity contribution in [1.29, 1.82) is 5.26 Å². The van der Waals surface area contributed by atoms with Gasteiger partial charge in [0.1, 0.15) is 11.9 Å². The maximum Gasteiger partial charge on any atom is 0.173 e. The van der Waals surface area contributed by atoms with Gasteiger partial charge in [-0.15, -0.1) is 0 Å². The largest absolute Gasteiger partial charge is 0.378 e. The third-order valence-corrected chi connectivity index (χ3v) is 4.76. The van der Waals surface area contributed by atoms with Crippen molar-refractivity contribution in [2.75, 3.05) is 55.4 Å².